The van der Waals surface area contributed by atoms with Crippen LogP contribution < -0.4 is 10.6 Å². The van der Waals surface area contributed by atoms with Gasteiger partial charge in [-0.25, -0.2) is 4.68 Å². The van der Waals surface area contributed by atoms with Crippen LogP contribution in [0.5, 0.6) is 0 Å². The smallest absolute Gasteiger partial charge is 0.273 e. The van der Waals surface area contributed by atoms with Crippen LogP contribution in [0.4, 0.5) is 0 Å². The first-order chi connectivity index (χ1) is 12.1. The molecular formula is C18H31N5O2. The maximum absolute atomic E-state index is 12.8. The third-order valence-electron chi connectivity index (χ3n) is 6.49. The molecule has 0 aromatic carbocycles. The number of nitrogens with zero attached hydrogens (tertiary/aromatic N) is 3. The summed E-state index contributed by atoms with van der Waals surface area (Å²) in [4.78, 5) is 12.8. The van der Waals surface area contributed by atoms with Gasteiger partial charge in [0.2, 0.25) is 0 Å². The zero-order valence-electron chi connectivity index (χ0n) is 15.8. The van der Waals surface area contributed by atoms with Crippen LogP contribution in [0, 0.1) is 12.3 Å². The van der Waals surface area contributed by atoms with Crippen molar-refractivity contribution in [2.45, 2.75) is 71.1 Å². The van der Waals surface area contributed by atoms with Crippen molar-refractivity contribution < 1.29 is 9.53 Å². The van der Waals surface area contributed by atoms with Gasteiger partial charge in [0.15, 0.2) is 5.69 Å². The molecule has 0 bridgehead atoms. The number of aromatic nitrogens is 3. The lowest BCUT2D eigenvalue weighted by Crippen LogP contribution is -2.64. The molecule has 1 saturated carbocycles. The molecule has 1 amide bonds. The number of piperidine rings is 1. The van der Waals surface area contributed by atoms with Gasteiger partial charge in [0.25, 0.3) is 5.91 Å². The number of hydrogen-bond donors (Lipinski definition) is 2. The number of nitrogens with one attached hydrogen (secondary N) is 2. The van der Waals surface area contributed by atoms with Crippen molar-refractivity contribution in [3.63, 3.8) is 0 Å². The van der Waals surface area contributed by atoms with Gasteiger partial charge in [0.1, 0.15) is 0 Å². The lowest BCUT2D eigenvalue weighted by atomic mass is 9.58. The van der Waals surface area contributed by atoms with E-state index >= 15 is 0 Å². The molecule has 2 heterocycles. The summed E-state index contributed by atoms with van der Waals surface area (Å²) in [7, 11) is 1.76. The molecular weight excluding hydrogens is 318 g/mol. The van der Waals surface area contributed by atoms with Crippen LogP contribution in [0.3, 0.4) is 0 Å². The highest BCUT2D eigenvalue weighted by Gasteiger charge is 2.53. The van der Waals surface area contributed by atoms with Crippen molar-refractivity contribution in [3.8, 4) is 0 Å². The largest absolute Gasteiger partial charge is 0.381 e. The van der Waals surface area contributed by atoms with Crippen LogP contribution >= 0.6 is 0 Å². The van der Waals surface area contributed by atoms with E-state index in [0.29, 0.717) is 11.7 Å². The molecule has 0 radical (unpaired) electrons. The van der Waals surface area contributed by atoms with Gasteiger partial charge in [0, 0.05) is 18.6 Å². The summed E-state index contributed by atoms with van der Waals surface area (Å²) in [6.45, 7) is 8.27. The zero-order valence-corrected chi connectivity index (χ0v) is 15.8. The second kappa shape index (κ2) is 7.41. The average molecular weight is 349 g/mol. The Hall–Kier alpha value is -1.47. The number of ether oxygens (including phenoxy) is 1. The van der Waals surface area contributed by atoms with E-state index in [4.69, 9.17) is 4.74 Å². The minimum absolute atomic E-state index is 0.0311. The quantitative estimate of drug-likeness (QED) is 0.819. The summed E-state index contributed by atoms with van der Waals surface area (Å²) in [5.41, 5.74) is 1.36. The number of carbonyl (C=O) groups is 1. The van der Waals surface area contributed by atoms with E-state index in [0.717, 1.165) is 50.9 Å². The van der Waals surface area contributed by atoms with Gasteiger partial charge in [-0.3, -0.25) is 4.79 Å². The summed E-state index contributed by atoms with van der Waals surface area (Å²) in [6.07, 6.45) is 5.13. The third-order valence-corrected chi connectivity index (χ3v) is 6.49. The molecule has 2 unspecified atom stereocenters. The summed E-state index contributed by atoms with van der Waals surface area (Å²) < 4.78 is 7.55. The summed E-state index contributed by atoms with van der Waals surface area (Å²) in [5.74, 6) is -0.108. The molecule has 140 valence electrons. The predicted octanol–water partition coefficient (Wildman–Crippen LogP) is 1.83. The normalized spacial score (nSPS) is 26.2. The third kappa shape index (κ3) is 3.08. The number of carbonyl (C=O) groups excluding carboxylic acids is 1. The number of hydrogen-bond acceptors (Lipinski definition) is 5. The fraction of sp³-hybridized carbons (Fsp3) is 0.833. The Balaban J connectivity index is 1.71. The average Bonchev–Trinajstić information content (AvgIpc) is 3.01. The highest BCUT2D eigenvalue weighted by Crippen LogP contribution is 2.48. The summed E-state index contributed by atoms with van der Waals surface area (Å²) >= 11 is 0. The Bertz CT molecular complexity index is 605. The summed E-state index contributed by atoms with van der Waals surface area (Å²) in [5, 5.41) is 15.0. The number of rotatable bonds is 6. The van der Waals surface area contributed by atoms with Gasteiger partial charge in [-0.2, -0.15) is 0 Å². The Morgan fingerprint density at radius 1 is 1.36 bits per heavy atom. The maximum Gasteiger partial charge on any atom is 0.273 e. The first-order valence-electron chi connectivity index (χ1n) is 9.53. The van der Waals surface area contributed by atoms with Crippen molar-refractivity contribution >= 4 is 5.91 Å². The van der Waals surface area contributed by atoms with Gasteiger partial charge in [-0.1, -0.05) is 19.1 Å². The van der Waals surface area contributed by atoms with Crippen LogP contribution in [0.2, 0.25) is 0 Å². The zero-order chi connectivity index (χ0) is 18.0. The van der Waals surface area contributed by atoms with Crippen molar-refractivity contribution in [1.29, 1.82) is 0 Å². The van der Waals surface area contributed by atoms with Crippen LogP contribution in [-0.4, -0.2) is 53.2 Å². The van der Waals surface area contributed by atoms with Crippen LogP contribution in [0.1, 0.15) is 68.2 Å². The number of methoxy groups -OCH3 is 1. The van der Waals surface area contributed by atoms with E-state index in [1.807, 2.05) is 11.6 Å². The molecule has 7 heteroatoms. The van der Waals surface area contributed by atoms with E-state index in [-0.39, 0.29) is 23.5 Å². The van der Waals surface area contributed by atoms with E-state index in [1.165, 1.54) is 0 Å². The Kier molecular flexibility index (Phi) is 5.43. The van der Waals surface area contributed by atoms with Crippen LogP contribution in [-0.2, 0) is 4.74 Å². The summed E-state index contributed by atoms with van der Waals surface area (Å²) in [6, 6.07) is 0.477. The van der Waals surface area contributed by atoms with E-state index in [9.17, 15) is 4.79 Å². The molecule has 1 aromatic rings. The lowest BCUT2D eigenvalue weighted by Gasteiger charge is -2.55. The molecule has 1 aliphatic carbocycles. The van der Waals surface area contributed by atoms with Crippen molar-refractivity contribution in [2.24, 2.45) is 5.41 Å². The van der Waals surface area contributed by atoms with Crippen molar-refractivity contribution in [2.75, 3.05) is 20.2 Å². The first-order valence-corrected chi connectivity index (χ1v) is 9.53. The van der Waals surface area contributed by atoms with Gasteiger partial charge in [-0.15, -0.1) is 5.10 Å². The highest BCUT2D eigenvalue weighted by molar-refractivity contribution is 5.93. The second-order valence-corrected chi connectivity index (χ2v) is 7.38. The molecule has 2 fully saturated rings. The van der Waals surface area contributed by atoms with Gasteiger partial charge in [0.05, 0.1) is 17.8 Å². The molecule has 7 nitrogen and oxygen atoms in total. The second-order valence-electron chi connectivity index (χ2n) is 7.38. The number of amides is 1. The van der Waals surface area contributed by atoms with Gasteiger partial charge < -0.3 is 15.4 Å². The van der Waals surface area contributed by atoms with E-state index in [1.54, 1.807) is 7.11 Å². The van der Waals surface area contributed by atoms with Gasteiger partial charge in [-0.05, 0) is 52.1 Å². The fourth-order valence-corrected chi connectivity index (χ4v) is 4.65. The topological polar surface area (TPSA) is 81.1 Å². The lowest BCUT2D eigenvalue weighted by molar-refractivity contribution is -0.120. The minimum atomic E-state index is -0.108. The first kappa shape index (κ1) is 18.3. The Morgan fingerprint density at radius 3 is 2.64 bits per heavy atom. The van der Waals surface area contributed by atoms with E-state index in [2.05, 4.69) is 34.8 Å². The molecule has 25 heavy (non-hydrogen) atoms. The predicted molar refractivity (Wildman–Crippen MR) is 95.6 cm³/mol. The molecule has 2 atom stereocenters. The fourth-order valence-electron chi connectivity index (χ4n) is 4.65. The minimum Gasteiger partial charge on any atom is -0.381 e. The monoisotopic (exact) mass is 349 g/mol. The standard InChI is InChI=1S/C18H31N5O2/c1-5-18(6-2)14(11-15(18)25-4)20-17(24)16-12(3)23(22-21-16)13-7-9-19-10-8-13/h13-15,19H,5-11H2,1-4H3,(H,20,24). The van der Waals surface area contributed by atoms with Crippen LogP contribution in [0.25, 0.3) is 0 Å². The molecule has 1 aromatic heterocycles. The Morgan fingerprint density at radius 2 is 2.04 bits per heavy atom. The molecule has 1 aliphatic heterocycles. The molecule has 1 saturated heterocycles. The SMILES string of the molecule is CCC1(CC)C(NC(=O)c2nnn(C3CCNCC3)c2C)CC1OC. The Labute approximate surface area is 149 Å². The van der Waals surface area contributed by atoms with Crippen molar-refractivity contribution in [1.82, 2.24) is 25.6 Å². The van der Waals surface area contributed by atoms with E-state index < -0.39 is 0 Å². The highest BCUT2D eigenvalue weighted by atomic mass is 16.5. The molecule has 2 aliphatic rings. The maximum atomic E-state index is 12.8. The molecule has 2 N–H and O–H groups in total. The molecule has 0 spiro atoms. The van der Waals surface area contributed by atoms with Crippen LogP contribution in [0.15, 0.2) is 0 Å². The van der Waals surface area contributed by atoms with Gasteiger partial charge >= 0.3 is 0 Å². The van der Waals surface area contributed by atoms with Crippen molar-refractivity contribution in [3.05, 3.63) is 11.4 Å². The molecule has 3 rings (SSSR count).